The van der Waals surface area contributed by atoms with Crippen LogP contribution in [0.4, 0.5) is 0 Å². The minimum atomic E-state index is -0.331. The first-order valence-corrected chi connectivity index (χ1v) is 10.5. The SMILES string of the molecule is O=C(NCCO)C12CC3CC(C1)C(n1c(=O)[nH]c4cnc5[nH]ccc5c41)C(C3)C2. The third kappa shape index (κ3) is 2.32. The summed E-state index contributed by atoms with van der Waals surface area (Å²) in [6.07, 6.45) is 8.33. The van der Waals surface area contributed by atoms with Gasteiger partial charge in [-0.15, -0.1) is 0 Å². The summed E-state index contributed by atoms with van der Waals surface area (Å²) in [7, 11) is 0. The molecule has 4 aliphatic carbocycles. The van der Waals surface area contributed by atoms with Crippen molar-refractivity contribution in [1.29, 1.82) is 0 Å². The molecule has 4 saturated carbocycles. The second kappa shape index (κ2) is 5.95. The molecule has 3 aromatic rings. The van der Waals surface area contributed by atoms with Crippen LogP contribution in [0.1, 0.15) is 38.1 Å². The number of H-pyrrole nitrogens is 2. The van der Waals surface area contributed by atoms with E-state index in [9.17, 15) is 9.59 Å². The maximum absolute atomic E-state index is 13.0. The molecule has 0 radical (unpaired) electrons. The van der Waals surface area contributed by atoms with Gasteiger partial charge in [-0.2, -0.15) is 0 Å². The molecule has 2 atom stereocenters. The third-order valence-corrected chi connectivity index (χ3v) is 7.66. The standard InChI is InChI=1S/C21H25N5O3/c27-4-3-23-19(28)21-7-11-5-12(8-21)16(13(6-11)9-21)26-17-14-1-2-22-18(14)24-10-15(17)25-20(26)29/h1-2,10-13,16,27H,3-9H2,(H,22,24)(H,23,28)(H,25,29). The fourth-order valence-electron chi connectivity index (χ4n) is 6.96. The van der Waals surface area contributed by atoms with E-state index in [1.54, 1.807) is 6.20 Å². The van der Waals surface area contributed by atoms with Crippen LogP contribution in [-0.2, 0) is 4.79 Å². The van der Waals surface area contributed by atoms with Gasteiger partial charge in [-0.3, -0.25) is 9.36 Å². The smallest absolute Gasteiger partial charge is 0.326 e. The van der Waals surface area contributed by atoms with Gasteiger partial charge in [0.2, 0.25) is 5.91 Å². The number of aliphatic hydroxyl groups is 1. The van der Waals surface area contributed by atoms with Crippen molar-refractivity contribution in [3.8, 4) is 0 Å². The minimum Gasteiger partial charge on any atom is -0.395 e. The average Bonchev–Trinajstić information content (AvgIpc) is 3.29. The van der Waals surface area contributed by atoms with Crippen molar-refractivity contribution in [2.75, 3.05) is 13.2 Å². The molecule has 29 heavy (non-hydrogen) atoms. The molecule has 3 aromatic heterocycles. The molecule has 4 N–H and O–H groups in total. The Morgan fingerprint density at radius 2 is 2.10 bits per heavy atom. The van der Waals surface area contributed by atoms with Crippen LogP contribution in [0.3, 0.4) is 0 Å². The Morgan fingerprint density at radius 3 is 2.86 bits per heavy atom. The molecule has 0 saturated heterocycles. The Kier molecular flexibility index (Phi) is 3.54. The lowest BCUT2D eigenvalue weighted by Crippen LogP contribution is -2.57. The van der Waals surface area contributed by atoms with Crippen LogP contribution in [-0.4, -0.2) is 43.7 Å². The predicted octanol–water partition coefficient (Wildman–Crippen LogP) is 1.68. The molecule has 8 heteroatoms. The van der Waals surface area contributed by atoms with Crippen molar-refractivity contribution in [2.24, 2.45) is 23.2 Å². The number of carbonyl (C=O) groups excluding carboxylic acids is 1. The van der Waals surface area contributed by atoms with E-state index in [1.807, 2.05) is 16.8 Å². The maximum atomic E-state index is 13.0. The molecule has 4 fully saturated rings. The molecule has 4 bridgehead atoms. The largest absolute Gasteiger partial charge is 0.395 e. The summed E-state index contributed by atoms with van der Waals surface area (Å²) in [5.74, 6) is 1.28. The molecule has 7 rings (SSSR count). The van der Waals surface area contributed by atoms with Crippen molar-refractivity contribution in [2.45, 2.75) is 38.1 Å². The lowest BCUT2D eigenvalue weighted by atomic mass is 9.47. The molecule has 8 nitrogen and oxygen atoms in total. The number of imidazole rings is 1. The van der Waals surface area contributed by atoms with E-state index >= 15 is 0 Å². The number of pyridine rings is 1. The van der Waals surface area contributed by atoms with Gasteiger partial charge in [0, 0.05) is 24.2 Å². The average molecular weight is 395 g/mol. The van der Waals surface area contributed by atoms with Crippen molar-refractivity contribution in [3.63, 3.8) is 0 Å². The van der Waals surface area contributed by atoms with Crippen LogP contribution in [0.5, 0.6) is 0 Å². The second-order valence-electron chi connectivity index (χ2n) is 9.28. The van der Waals surface area contributed by atoms with E-state index in [0.717, 1.165) is 54.2 Å². The Balaban J connectivity index is 1.45. The first-order chi connectivity index (χ1) is 14.1. The van der Waals surface area contributed by atoms with Crippen molar-refractivity contribution in [3.05, 3.63) is 28.9 Å². The number of hydrogen-bond acceptors (Lipinski definition) is 4. The van der Waals surface area contributed by atoms with Crippen LogP contribution in [0, 0.1) is 23.2 Å². The lowest BCUT2D eigenvalue weighted by molar-refractivity contribution is -0.151. The zero-order valence-electron chi connectivity index (χ0n) is 16.1. The predicted molar refractivity (Wildman–Crippen MR) is 107 cm³/mol. The molecular formula is C21H25N5O3. The summed E-state index contributed by atoms with van der Waals surface area (Å²) in [5, 5.41) is 13.0. The number of rotatable bonds is 4. The molecule has 4 aliphatic rings. The molecule has 0 aromatic carbocycles. The van der Waals surface area contributed by atoms with Crippen LogP contribution in [0.2, 0.25) is 0 Å². The summed E-state index contributed by atoms with van der Waals surface area (Å²) in [6.45, 7) is 0.274. The number of aromatic amines is 2. The number of nitrogens with zero attached hydrogens (tertiary/aromatic N) is 2. The molecule has 152 valence electrons. The second-order valence-corrected chi connectivity index (χ2v) is 9.28. The summed E-state index contributed by atoms with van der Waals surface area (Å²) < 4.78 is 1.97. The minimum absolute atomic E-state index is 0.0356. The number of amides is 1. The number of fused-ring (bicyclic) bond motifs is 3. The van der Waals surface area contributed by atoms with Crippen LogP contribution in [0.25, 0.3) is 22.1 Å². The van der Waals surface area contributed by atoms with Gasteiger partial charge in [0.25, 0.3) is 0 Å². The van der Waals surface area contributed by atoms with Gasteiger partial charge >= 0.3 is 5.69 Å². The van der Waals surface area contributed by atoms with E-state index < -0.39 is 0 Å². The van der Waals surface area contributed by atoms with Gasteiger partial charge in [0.1, 0.15) is 5.65 Å². The van der Waals surface area contributed by atoms with Crippen molar-refractivity contribution < 1.29 is 9.90 Å². The molecule has 0 aliphatic heterocycles. The topological polar surface area (TPSA) is 116 Å². The molecule has 3 heterocycles. The van der Waals surface area contributed by atoms with Gasteiger partial charge in [-0.05, 0) is 55.9 Å². The normalized spacial score (nSPS) is 33.0. The zero-order chi connectivity index (χ0) is 19.8. The summed E-state index contributed by atoms with van der Waals surface area (Å²) in [4.78, 5) is 36.6. The van der Waals surface area contributed by atoms with Gasteiger partial charge in [-0.25, -0.2) is 9.78 Å². The van der Waals surface area contributed by atoms with Crippen molar-refractivity contribution in [1.82, 2.24) is 24.8 Å². The summed E-state index contributed by atoms with van der Waals surface area (Å²) in [5.41, 5.74) is 2.08. The summed E-state index contributed by atoms with van der Waals surface area (Å²) in [6, 6.07) is 2.10. The highest BCUT2D eigenvalue weighted by Gasteiger charge is 2.59. The quantitative estimate of drug-likeness (QED) is 0.538. The number of nitrogens with one attached hydrogen (secondary N) is 3. The third-order valence-electron chi connectivity index (χ3n) is 7.66. The maximum Gasteiger partial charge on any atom is 0.326 e. The zero-order valence-corrected chi connectivity index (χ0v) is 16.1. The summed E-state index contributed by atoms with van der Waals surface area (Å²) >= 11 is 0. The monoisotopic (exact) mass is 395 g/mol. The van der Waals surface area contributed by atoms with Gasteiger partial charge in [0.05, 0.1) is 29.3 Å². The number of hydrogen-bond donors (Lipinski definition) is 4. The van der Waals surface area contributed by atoms with Crippen LogP contribution in [0.15, 0.2) is 23.3 Å². The van der Waals surface area contributed by atoms with E-state index in [-0.39, 0.29) is 29.7 Å². The number of aromatic nitrogens is 4. The van der Waals surface area contributed by atoms with Gasteiger partial charge in [-0.1, -0.05) is 0 Å². The molecule has 1 amide bonds. The van der Waals surface area contributed by atoms with Gasteiger partial charge < -0.3 is 20.4 Å². The molecule has 0 spiro atoms. The van der Waals surface area contributed by atoms with E-state index in [2.05, 4.69) is 20.3 Å². The molecule has 2 unspecified atom stereocenters. The number of carbonyl (C=O) groups is 1. The van der Waals surface area contributed by atoms with Gasteiger partial charge in [0.15, 0.2) is 0 Å². The Morgan fingerprint density at radius 1 is 1.31 bits per heavy atom. The van der Waals surface area contributed by atoms with E-state index in [0.29, 0.717) is 24.3 Å². The lowest BCUT2D eigenvalue weighted by Gasteiger charge is -2.59. The van der Waals surface area contributed by atoms with E-state index in [4.69, 9.17) is 5.11 Å². The first kappa shape index (κ1) is 17.3. The fraction of sp³-hybridized carbons (Fsp3) is 0.571. The number of aliphatic hydroxyl groups excluding tert-OH is 1. The van der Waals surface area contributed by atoms with Crippen molar-refractivity contribution >= 4 is 28.0 Å². The Hall–Kier alpha value is -2.61. The highest BCUT2D eigenvalue weighted by Crippen LogP contribution is 2.63. The first-order valence-electron chi connectivity index (χ1n) is 10.5. The highest BCUT2D eigenvalue weighted by atomic mass is 16.3. The Labute approximate surface area is 166 Å². The van der Waals surface area contributed by atoms with Crippen LogP contribution >= 0.6 is 0 Å². The highest BCUT2D eigenvalue weighted by molar-refractivity contribution is 6.01. The Bertz CT molecular complexity index is 1160. The van der Waals surface area contributed by atoms with E-state index in [1.165, 1.54) is 0 Å². The van der Waals surface area contributed by atoms with Crippen LogP contribution < -0.4 is 11.0 Å². The fourth-order valence-corrected chi connectivity index (χ4v) is 6.96. The molecular weight excluding hydrogens is 370 g/mol.